The third kappa shape index (κ3) is 1.73. The fourth-order valence-electron chi connectivity index (χ4n) is 0.894. The van der Waals surface area contributed by atoms with Gasteiger partial charge < -0.3 is 10.2 Å². The molecule has 0 fully saturated rings. The predicted molar refractivity (Wildman–Crippen MR) is 44.4 cm³/mol. The standard InChI is InChI=1S/C7H9NO3S/c1-2-4(7(10)11)6-8-5(9)3-12-6/h3-4,9H,2H2,1H3,(H,10,11). The number of carbonyl (C=O) groups is 1. The highest BCUT2D eigenvalue weighted by atomic mass is 32.1. The van der Waals surface area contributed by atoms with Gasteiger partial charge in [0.05, 0.1) is 5.38 Å². The number of nitrogens with zero attached hydrogens (tertiary/aromatic N) is 1. The summed E-state index contributed by atoms with van der Waals surface area (Å²) in [4.78, 5) is 14.3. The van der Waals surface area contributed by atoms with Crippen molar-refractivity contribution in [1.82, 2.24) is 4.98 Å². The molecular weight excluding hydrogens is 178 g/mol. The van der Waals surface area contributed by atoms with Crippen molar-refractivity contribution < 1.29 is 15.0 Å². The van der Waals surface area contributed by atoms with Crippen LogP contribution in [0.25, 0.3) is 0 Å². The Hall–Kier alpha value is -1.10. The SMILES string of the molecule is CCC(C(=O)O)c1nc(O)cs1. The zero-order chi connectivity index (χ0) is 9.14. The lowest BCUT2D eigenvalue weighted by Gasteiger charge is -2.03. The molecule has 12 heavy (non-hydrogen) atoms. The van der Waals surface area contributed by atoms with Gasteiger partial charge in [-0.15, -0.1) is 11.3 Å². The molecule has 0 radical (unpaired) electrons. The molecule has 66 valence electrons. The number of carboxylic acids is 1. The number of rotatable bonds is 3. The molecule has 0 saturated heterocycles. The van der Waals surface area contributed by atoms with E-state index in [1.54, 1.807) is 6.92 Å². The van der Waals surface area contributed by atoms with Gasteiger partial charge >= 0.3 is 5.97 Å². The zero-order valence-electron chi connectivity index (χ0n) is 6.52. The molecule has 1 aromatic heterocycles. The number of hydrogen-bond acceptors (Lipinski definition) is 4. The molecule has 0 spiro atoms. The second-order valence-electron chi connectivity index (χ2n) is 2.34. The second kappa shape index (κ2) is 3.53. The van der Waals surface area contributed by atoms with E-state index in [9.17, 15) is 4.79 Å². The summed E-state index contributed by atoms with van der Waals surface area (Å²) in [7, 11) is 0. The van der Waals surface area contributed by atoms with Crippen LogP contribution in [0.1, 0.15) is 24.3 Å². The van der Waals surface area contributed by atoms with Gasteiger partial charge in [0, 0.05) is 0 Å². The summed E-state index contributed by atoms with van der Waals surface area (Å²) >= 11 is 1.17. The van der Waals surface area contributed by atoms with E-state index in [1.807, 2.05) is 0 Å². The van der Waals surface area contributed by atoms with Gasteiger partial charge in [-0.05, 0) is 6.42 Å². The van der Waals surface area contributed by atoms with E-state index in [1.165, 1.54) is 16.7 Å². The summed E-state index contributed by atoms with van der Waals surface area (Å²) in [5, 5.41) is 19.5. The maximum atomic E-state index is 10.6. The number of aliphatic carboxylic acids is 1. The first-order valence-electron chi connectivity index (χ1n) is 3.52. The largest absolute Gasteiger partial charge is 0.493 e. The van der Waals surface area contributed by atoms with Crippen molar-refractivity contribution in [1.29, 1.82) is 0 Å². The lowest BCUT2D eigenvalue weighted by molar-refractivity contribution is -0.138. The number of aromatic nitrogens is 1. The van der Waals surface area contributed by atoms with Gasteiger partial charge in [0.2, 0.25) is 5.88 Å². The Kier molecular flexibility index (Phi) is 2.65. The molecular formula is C7H9NO3S. The maximum Gasteiger partial charge on any atom is 0.313 e. The molecule has 1 unspecified atom stereocenters. The molecule has 0 amide bonds. The van der Waals surface area contributed by atoms with Gasteiger partial charge in [0.15, 0.2) is 0 Å². The minimum Gasteiger partial charge on any atom is -0.493 e. The monoisotopic (exact) mass is 187 g/mol. The normalized spacial score (nSPS) is 12.8. The lowest BCUT2D eigenvalue weighted by atomic mass is 10.1. The molecule has 0 aromatic carbocycles. The number of thiazole rings is 1. The van der Waals surface area contributed by atoms with Crippen molar-refractivity contribution in [3.05, 3.63) is 10.4 Å². The van der Waals surface area contributed by atoms with Crippen molar-refractivity contribution in [3.63, 3.8) is 0 Å². The van der Waals surface area contributed by atoms with Crippen LogP contribution in [0.15, 0.2) is 5.38 Å². The molecule has 0 aliphatic rings. The van der Waals surface area contributed by atoms with Crippen LogP contribution in [-0.4, -0.2) is 21.2 Å². The van der Waals surface area contributed by atoms with E-state index in [0.717, 1.165) is 0 Å². The van der Waals surface area contributed by atoms with E-state index in [4.69, 9.17) is 10.2 Å². The van der Waals surface area contributed by atoms with Crippen molar-refractivity contribution >= 4 is 17.3 Å². The minimum atomic E-state index is -0.896. The molecule has 2 N–H and O–H groups in total. The van der Waals surface area contributed by atoms with Crippen LogP contribution >= 0.6 is 11.3 Å². The van der Waals surface area contributed by atoms with Gasteiger partial charge in [-0.25, -0.2) is 4.98 Å². The molecule has 1 atom stereocenters. The van der Waals surface area contributed by atoms with Gasteiger partial charge in [0.25, 0.3) is 0 Å². The van der Waals surface area contributed by atoms with E-state index in [0.29, 0.717) is 11.4 Å². The molecule has 0 saturated carbocycles. The summed E-state index contributed by atoms with van der Waals surface area (Å²) in [6.07, 6.45) is 0.488. The molecule has 1 rings (SSSR count). The van der Waals surface area contributed by atoms with E-state index in [2.05, 4.69) is 4.98 Å². The molecule has 1 aromatic rings. The van der Waals surface area contributed by atoms with Gasteiger partial charge in [-0.2, -0.15) is 0 Å². The van der Waals surface area contributed by atoms with Crippen molar-refractivity contribution in [3.8, 4) is 5.88 Å². The smallest absolute Gasteiger partial charge is 0.313 e. The zero-order valence-corrected chi connectivity index (χ0v) is 7.34. The Bertz CT molecular complexity index is 284. The quantitative estimate of drug-likeness (QED) is 0.750. The number of hydrogen-bond donors (Lipinski definition) is 2. The van der Waals surface area contributed by atoms with E-state index in [-0.39, 0.29) is 5.88 Å². The molecule has 4 nitrogen and oxygen atoms in total. The summed E-state index contributed by atoms with van der Waals surface area (Å²) in [5.74, 6) is -1.59. The summed E-state index contributed by atoms with van der Waals surface area (Å²) in [5.41, 5.74) is 0. The first kappa shape index (κ1) is 8.99. The Morgan fingerprint density at radius 2 is 2.50 bits per heavy atom. The van der Waals surface area contributed by atoms with Gasteiger partial charge in [0.1, 0.15) is 10.9 Å². The number of aromatic hydroxyl groups is 1. The Labute approximate surface area is 73.5 Å². The summed E-state index contributed by atoms with van der Waals surface area (Å²) < 4.78 is 0. The van der Waals surface area contributed by atoms with Crippen molar-refractivity contribution in [2.75, 3.05) is 0 Å². The first-order valence-corrected chi connectivity index (χ1v) is 4.40. The minimum absolute atomic E-state index is 0.102. The topological polar surface area (TPSA) is 70.4 Å². The Balaban J connectivity index is 2.87. The molecule has 0 aliphatic heterocycles. The predicted octanol–water partition coefficient (Wildman–Crippen LogP) is 1.43. The van der Waals surface area contributed by atoms with Gasteiger partial charge in [-0.3, -0.25) is 4.79 Å². The van der Waals surface area contributed by atoms with Crippen molar-refractivity contribution in [2.24, 2.45) is 0 Å². The van der Waals surface area contributed by atoms with Crippen LogP contribution in [0.2, 0.25) is 0 Å². The average molecular weight is 187 g/mol. The highest BCUT2D eigenvalue weighted by Gasteiger charge is 2.20. The molecule has 0 bridgehead atoms. The van der Waals surface area contributed by atoms with E-state index < -0.39 is 11.9 Å². The fraction of sp³-hybridized carbons (Fsp3) is 0.429. The fourth-order valence-corrected chi connectivity index (χ4v) is 1.75. The second-order valence-corrected chi connectivity index (χ2v) is 3.23. The Morgan fingerprint density at radius 1 is 1.83 bits per heavy atom. The molecule has 0 aliphatic carbocycles. The average Bonchev–Trinajstić information content (AvgIpc) is 2.37. The summed E-state index contributed by atoms with van der Waals surface area (Å²) in [6.45, 7) is 1.78. The molecule has 5 heteroatoms. The highest BCUT2D eigenvalue weighted by Crippen LogP contribution is 2.25. The number of carboxylic acid groups (broad SMARTS) is 1. The third-order valence-electron chi connectivity index (χ3n) is 1.51. The maximum absolute atomic E-state index is 10.6. The van der Waals surface area contributed by atoms with Crippen LogP contribution < -0.4 is 0 Å². The van der Waals surface area contributed by atoms with Gasteiger partial charge in [-0.1, -0.05) is 6.92 Å². The van der Waals surface area contributed by atoms with Crippen LogP contribution in [-0.2, 0) is 4.79 Å². The summed E-state index contributed by atoms with van der Waals surface area (Å²) in [6, 6.07) is 0. The highest BCUT2D eigenvalue weighted by molar-refractivity contribution is 7.10. The Morgan fingerprint density at radius 3 is 2.83 bits per heavy atom. The van der Waals surface area contributed by atoms with Crippen LogP contribution in [0.3, 0.4) is 0 Å². The van der Waals surface area contributed by atoms with Crippen molar-refractivity contribution in [2.45, 2.75) is 19.3 Å². The van der Waals surface area contributed by atoms with Crippen LogP contribution in [0.4, 0.5) is 0 Å². The molecule has 1 heterocycles. The van der Waals surface area contributed by atoms with E-state index >= 15 is 0 Å². The third-order valence-corrected chi connectivity index (χ3v) is 2.46. The van der Waals surface area contributed by atoms with Crippen LogP contribution in [0, 0.1) is 0 Å². The lowest BCUT2D eigenvalue weighted by Crippen LogP contribution is -2.09. The first-order chi connectivity index (χ1) is 5.65. The van der Waals surface area contributed by atoms with Crippen LogP contribution in [0.5, 0.6) is 5.88 Å².